The molecule has 0 aliphatic heterocycles. The molecule has 2 nitrogen and oxygen atoms in total. The normalized spacial score (nSPS) is 33.0. The predicted molar refractivity (Wildman–Crippen MR) is 78.6 cm³/mol. The second-order valence-electron chi connectivity index (χ2n) is 6.73. The molecule has 2 heteroatoms. The van der Waals surface area contributed by atoms with E-state index in [4.69, 9.17) is 5.73 Å². The fourth-order valence-electron chi connectivity index (χ4n) is 3.99. The molecule has 0 aromatic heterocycles. The molecule has 0 bridgehead atoms. The van der Waals surface area contributed by atoms with Gasteiger partial charge in [-0.15, -0.1) is 0 Å². The van der Waals surface area contributed by atoms with Crippen LogP contribution in [0.2, 0.25) is 0 Å². The van der Waals surface area contributed by atoms with Crippen molar-refractivity contribution in [3.05, 3.63) is 0 Å². The summed E-state index contributed by atoms with van der Waals surface area (Å²) in [5.41, 5.74) is 6.04. The maximum atomic E-state index is 6.04. The number of hydrogen-bond donors (Lipinski definition) is 2. The SMILES string of the molecule is CC1CCCC(C(CN)NC2CCCCCC2)C1. The van der Waals surface area contributed by atoms with Crippen molar-refractivity contribution >= 4 is 0 Å². The lowest BCUT2D eigenvalue weighted by molar-refractivity contribution is 0.209. The number of nitrogens with two attached hydrogens (primary N) is 1. The highest BCUT2D eigenvalue weighted by molar-refractivity contribution is 4.85. The third-order valence-electron chi connectivity index (χ3n) is 5.10. The molecule has 2 rings (SSSR count). The van der Waals surface area contributed by atoms with Crippen molar-refractivity contribution in [2.75, 3.05) is 6.54 Å². The van der Waals surface area contributed by atoms with Crippen LogP contribution in [0.15, 0.2) is 0 Å². The maximum absolute atomic E-state index is 6.04. The Bertz CT molecular complexity index is 221. The van der Waals surface area contributed by atoms with Crippen LogP contribution in [0, 0.1) is 11.8 Å². The van der Waals surface area contributed by atoms with Gasteiger partial charge in [-0.2, -0.15) is 0 Å². The van der Waals surface area contributed by atoms with Crippen molar-refractivity contribution in [2.45, 2.75) is 83.2 Å². The average Bonchev–Trinajstić information content (AvgIpc) is 2.64. The molecule has 0 aromatic rings. The highest BCUT2D eigenvalue weighted by Crippen LogP contribution is 2.31. The molecule has 2 aliphatic carbocycles. The van der Waals surface area contributed by atoms with E-state index in [-0.39, 0.29) is 0 Å². The molecular formula is C16H32N2. The molecule has 3 atom stereocenters. The standard InChI is InChI=1S/C16H32N2/c1-13-7-6-8-14(11-13)16(12-17)18-15-9-4-2-3-5-10-15/h13-16,18H,2-12,17H2,1H3. The lowest BCUT2D eigenvalue weighted by Crippen LogP contribution is -2.48. The summed E-state index contributed by atoms with van der Waals surface area (Å²) in [6.45, 7) is 3.24. The van der Waals surface area contributed by atoms with Crippen LogP contribution in [0.1, 0.15) is 71.1 Å². The van der Waals surface area contributed by atoms with Crippen LogP contribution < -0.4 is 11.1 Å². The van der Waals surface area contributed by atoms with E-state index < -0.39 is 0 Å². The topological polar surface area (TPSA) is 38.0 Å². The first-order valence-corrected chi connectivity index (χ1v) is 8.25. The molecule has 106 valence electrons. The van der Waals surface area contributed by atoms with Crippen LogP contribution in [-0.4, -0.2) is 18.6 Å². The number of hydrogen-bond acceptors (Lipinski definition) is 2. The van der Waals surface area contributed by atoms with Crippen LogP contribution in [0.3, 0.4) is 0 Å². The van der Waals surface area contributed by atoms with Gasteiger partial charge in [0.15, 0.2) is 0 Å². The second kappa shape index (κ2) is 7.49. The summed E-state index contributed by atoms with van der Waals surface area (Å²) in [4.78, 5) is 0. The van der Waals surface area contributed by atoms with Crippen molar-refractivity contribution < 1.29 is 0 Å². The van der Waals surface area contributed by atoms with Gasteiger partial charge in [0.2, 0.25) is 0 Å². The van der Waals surface area contributed by atoms with Gasteiger partial charge in [-0.05, 0) is 37.5 Å². The van der Waals surface area contributed by atoms with E-state index >= 15 is 0 Å². The Labute approximate surface area is 113 Å². The van der Waals surface area contributed by atoms with Crippen molar-refractivity contribution in [1.82, 2.24) is 5.32 Å². The first-order valence-electron chi connectivity index (χ1n) is 8.25. The van der Waals surface area contributed by atoms with Crippen LogP contribution in [0.5, 0.6) is 0 Å². The zero-order valence-electron chi connectivity index (χ0n) is 12.2. The predicted octanol–water partition coefficient (Wildman–Crippen LogP) is 3.45. The molecule has 2 fully saturated rings. The monoisotopic (exact) mass is 252 g/mol. The van der Waals surface area contributed by atoms with Crippen molar-refractivity contribution in [2.24, 2.45) is 17.6 Å². The smallest absolute Gasteiger partial charge is 0.0221 e. The molecule has 18 heavy (non-hydrogen) atoms. The maximum Gasteiger partial charge on any atom is 0.0221 e. The first kappa shape index (κ1) is 14.3. The van der Waals surface area contributed by atoms with Gasteiger partial charge in [0, 0.05) is 18.6 Å². The van der Waals surface area contributed by atoms with E-state index in [0.717, 1.165) is 24.4 Å². The highest BCUT2D eigenvalue weighted by atomic mass is 15.0. The molecule has 0 heterocycles. The Morgan fingerprint density at radius 1 is 1.00 bits per heavy atom. The van der Waals surface area contributed by atoms with E-state index in [0.29, 0.717) is 6.04 Å². The minimum atomic E-state index is 0.579. The molecule has 0 amide bonds. The van der Waals surface area contributed by atoms with Gasteiger partial charge in [0.1, 0.15) is 0 Å². The Balaban J connectivity index is 1.83. The van der Waals surface area contributed by atoms with E-state index in [1.54, 1.807) is 0 Å². The summed E-state index contributed by atoms with van der Waals surface area (Å²) in [5.74, 6) is 1.75. The first-order chi connectivity index (χ1) is 8.79. The Hall–Kier alpha value is -0.0800. The van der Waals surface area contributed by atoms with E-state index in [1.807, 2.05) is 0 Å². The summed E-state index contributed by atoms with van der Waals surface area (Å²) in [6, 6.07) is 1.33. The average molecular weight is 252 g/mol. The Morgan fingerprint density at radius 3 is 2.33 bits per heavy atom. The summed E-state index contributed by atoms with van der Waals surface area (Å²) >= 11 is 0. The Kier molecular flexibility index (Phi) is 5.97. The fraction of sp³-hybridized carbons (Fsp3) is 1.00. The quantitative estimate of drug-likeness (QED) is 0.752. The summed E-state index contributed by atoms with van der Waals surface area (Å²) in [7, 11) is 0. The molecule has 0 radical (unpaired) electrons. The zero-order chi connectivity index (χ0) is 12.8. The third kappa shape index (κ3) is 4.24. The van der Waals surface area contributed by atoms with E-state index in [9.17, 15) is 0 Å². The lowest BCUT2D eigenvalue weighted by atomic mass is 9.78. The highest BCUT2D eigenvalue weighted by Gasteiger charge is 2.27. The molecule has 3 N–H and O–H groups in total. The summed E-state index contributed by atoms with van der Waals surface area (Å²) in [5, 5.41) is 3.91. The van der Waals surface area contributed by atoms with Crippen molar-refractivity contribution in [1.29, 1.82) is 0 Å². The summed E-state index contributed by atoms with van der Waals surface area (Å²) < 4.78 is 0. The Morgan fingerprint density at radius 2 is 1.72 bits per heavy atom. The van der Waals surface area contributed by atoms with Crippen LogP contribution in [0.4, 0.5) is 0 Å². The van der Waals surface area contributed by atoms with Gasteiger partial charge in [-0.25, -0.2) is 0 Å². The van der Waals surface area contributed by atoms with Crippen LogP contribution in [0.25, 0.3) is 0 Å². The van der Waals surface area contributed by atoms with Gasteiger partial charge < -0.3 is 11.1 Å². The van der Waals surface area contributed by atoms with Crippen molar-refractivity contribution in [3.8, 4) is 0 Å². The van der Waals surface area contributed by atoms with E-state index in [1.165, 1.54) is 64.2 Å². The third-order valence-corrected chi connectivity index (χ3v) is 5.10. The molecule has 2 aliphatic rings. The molecule has 0 saturated heterocycles. The van der Waals surface area contributed by atoms with Gasteiger partial charge in [0.25, 0.3) is 0 Å². The minimum Gasteiger partial charge on any atom is -0.329 e. The van der Waals surface area contributed by atoms with Gasteiger partial charge >= 0.3 is 0 Å². The van der Waals surface area contributed by atoms with Gasteiger partial charge in [-0.3, -0.25) is 0 Å². The molecule has 0 spiro atoms. The molecule has 0 aromatic carbocycles. The van der Waals surface area contributed by atoms with Crippen LogP contribution in [-0.2, 0) is 0 Å². The molecule has 3 unspecified atom stereocenters. The zero-order valence-corrected chi connectivity index (χ0v) is 12.2. The second-order valence-corrected chi connectivity index (χ2v) is 6.73. The largest absolute Gasteiger partial charge is 0.329 e. The minimum absolute atomic E-state index is 0.579. The molecular weight excluding hydrogens is 220 g/mol. The van der Waals surface area contributed by atoms with Gasteiger partial charge in [0.05, 0.1) is 0 Å². The summed E-state index contributed by atoms with van der Waals surface area (Å²) in [6.07, 6.45) is 14.1. The van der Waals surface area contributed by atoms with Crippen molar-refractivity contribution in [3.63, 3.8) is 0 Å². The van der Waals surface area contributed by atoms with Gasteiger partial charge in [-0.1, -0.05) is 45.4 Å². The number of rotatable bonds is 4. The molecule has 2 saturated carbocycles. The number of nitrogens with one attached hydrogen (secondary N) is 1. The fourth-order valence-corrected chi connectivity index (χ4v) is 3.99. The lowest BCUT2D eigenvalue weighted by Gasteiger charge is -2.35. The van der Waals surface area contributed by atoms with Crippen LogP contribution >= 0.6 is 0 Å². The van der Waals surface area contributed by atoms with E-state index in [2.05, 4.69) is 12.2 Å².